The molecule has 0 amide bonds. The highest BCUT2D eigenvalue weighted by Gasteiger charge is 2.30. The van der Waals surface area contributed by atoms with Gasteiger partial charge >= 0.3 is 6.18 Å². The maximum absolute atomic E-state index is 13.1. The molecule has 0 N–H and O–H groups in total. The minimum Gasteiger partial charge on any atom is -0.296 e. The van der Waals surface area contributed by atoms with E-state index < -0.39 is 17.6 Å². The molecule has 0 aliphatic rings. The number of alkyl halides is 3. The SMILES string of the molecule is O=Cc1nc(-c2ccc(C(F)(F)F)cc2)ccc1F. The Morgan fingerprint density at radius 1 is 1.00 bits per heavy atom. The minimum atomic E-state index is -4.41. The van der Waals surface area contributed by atoms with Crippen LogP contribution in [0.5, 0.6) is 0 Å². The second-order valence-electron chi connectivity index (χ2n) is 3.76. The number of carbonyl (C=O) groups is 1. The lowest BCUT2D eigenvalue weighted by molar-refractivity contribution is -0.137. The van der Waals surface area contributed by atoms with E-state index in [9.17, 15) is 22.4 Å². The number of nitrogens with zero attached hydrogens (tertiary/aromatic N) is 1. The number of pyridine rings is 1. The molecule has 1 aromatic heterocycles. The summed E-state index contributed by atoms with van der Waals surface area (Å²) in [6, 6.07) is 6.59. The van der Waals surface area contributed by atoms with Crippen LogP contribution in [0.2, 0.25) is 0 Å². The third-order valence-corrected chi connectivity index (χ3v) is 2.49. The van der Waals surface area contributed by atoms with Crippen LogP contribution in [0.4, 0.5) is 17.6 Å². The molecule has 2 aromatic rings. The third kappa shape index (κ3) is 2.78. The van der Waals surface area contributed by atoms with Crippen LogP contribution < -0.4 is 0 Å². The Bertz CT molecular complexity index is 605. The molecule has 0 saturated heterocycles. The van der Waals surface area contributed by atoms with Crippen LogP contribution in [0.1, 0.15) is 16.1 Å². The van der Waals surface area contributed by atoms with Crippen molar-refractivity contribution in [2.45, 2.75) is 6.18 Å². The number of aromatic nitrogens is 1. The lowest BCUT2D eigenvalue weighted by Crippen LogP contribution is -2.04. The normalized spacial score (nSPS) is 11.4. The largest absolute Gasteiger partial charge is 0.416 e. The Hall–Kier alpha value is -2.24. The summed E-state index contributed by atoms with van der Waals surface area (Å²) in [5.74, 6) is -0.773. The summed E-state index contributed by atoms with van der Waals surface area (Å²) in [4.78, 5) is 14.3. The Balaban J connectivity index is 2.40. The molecule has 2 rings (SSSR count). The van der Waals surface area contributed by atoms with E-state index >= 15 is 0 Å². The van der Waals surface area contributed by atoms with Gasteiger partial charge in [-0.05, 0) is 24.3 Å². The summed E-state index contributed by atoms with van der Waals surface area (Å²) in [5, 5.41) is 0. The van der Waals surface area contributed by atoms with Crippen LogP contribution in [0.3, 0.4) is 0 Å². The quantitative estimate of drug-likeness (QED) is 0.614. The zero-order valence-electron chi connectivity index (χ0n) is 9.41. The van der Waals surface area contributed by atoms with Gasteiger partial charge in [-0.1, -0.05) is 12.1 Å². The molecule has 0 saturated carbocycles. The zero-order chi connectivity index (χ0) is 14.0. The Morgan fingerprint density at radius 3 is 2.16 bits per heavy atom. The van der Waals surface area contributed by atoms with Crippen LogP contribution in [-0.2, 0) is 6.18 Å². The molecule has 1 aromatic carbocycles. The summed E-state index contributed by atoms with van der Waals surface area (Å²) < 4.78 is 50.2. The van der Waals surface area contributed by atoms with Crippen molar-refractivity contribution in [3.05, 3.63) is 53.5 Å². The molecule has 1 heterocycles. The number of rotatable bonds is 2. The maximum Gasteiger partial charge on any atom is 0.416 e. The van der Waals surface area contributed by atoms with Crippen molar-refractivity contribution in [2.24, 2.45) is 0 Å². The van der Waals surface area contributed by atoms with Gasteiger partial charge in [-0.25, -0.2) is 9.37 Å². The Kier molecular flexibility index (Phi) is 3.33. The van der Waals surface area contributed by atoms with Gasteiger partial charge in [0.05, 0.1) is 11.3 Å². The van der Waals surface area contributed by atoms with Crippen LogP contribution >= 0.6 is 0 Å². The van der Waals surface area contributed by atoms with Crippen LogP contribution in [0.15, 0.2) is 36.4 Å². The first-order valence-corrected chi connectivity index (χ1v) is 5.21. The second kappa shape index (κ2) is 4.79. The summed E-state index contributed by atoms with van der Waals surface area (Å²) >= 11 is 0. The van der Waals surface area contributed by atoms with E-state index in [1.54, 1.807) is 0 Å². The van der Waals surface area contributed by atoms with Gasteiger partial charge in [0.25, 0.3) is 0 Å². The first-order valence-electron chi connectivity index (χ1n) is 5.21. The standard InChI is InChI=1S/C13H7F4NO/c14-10-5-6-11(18-12(10)7-19)8-1-3-9(4-2-8)13(15,16)17/h1-7H. The lowest BCUT2D eigenvalue weighted by Gasteiger charge is -2.07. The first kappa shape index (κ1) is 13.2. The van der Waals surface area contributed by atoms with Gasteiger partial charge in [0.1, 0.15) is 5.69 Å². The van der Waals surface area contributed by atoms with Gasteiger partial charge < -0.3 is 0 Å². The molecule has 19 heavy (non-hydrogen) atoms. The Labute approximate surface area is 105 Å². The van der Waals surface area contributed by atoms with E-state index in [4.69, 9.17) is 0 Å². The van der Waals surface area contributed by atoms with Gasteiger partial charge in [0.15, 0.2) is 12.1 Å². The molecule has 0 fully saturated rings. The van der Waals surface area contributed by atoms with Crippen LogP contribution in [-0.4, -0.2) is 11.3 Å². The first-order chi connectivity index (χ1) is 8.91. The highest BCUT2D eigenvalue weighted by atomic mass is 19.4. The van der Waals surface area contributed by atoms with Crippen molar-refractivity contribution in [2.75, 3.05) is 0 Å². The molecular weight excluding hydrogens is 262 g/mol. The molecule has 98 valence electrons. The summed E-state index contributed by atoms with van der Waals surface area (Å²) in [7, 11) is 0. The molecule has 0 aliphatic carbocycles. The summed E-state index contributed by atoms with van der Waals surface area (Å²) in [6.45, 7) is 0. The van der Waals surface area contributed by atoms with E-state index in [-0.39, 0.29) is 17.7 Å². The Morgan fingerprint density at radius 2 is 1.63 bits per heavy atom. The highest BCUT2D eigenvalue weighted by Crippen LogP contribution is 2.30. The molecule has 0 spiro atoms. The van der Waals surface area contributed by atoms with Gasteiger partial charge in [0, 0.05) is 5.56 Å². The minimum absolute atomic E-state index is 0.234. The molecule has 2 nitrogen and oxygen atoms in total. The van der Waals surface area contributed by atoms with E-state index in [2.05, 4.69) is 4.98 Å². The molecule has 0 bridgehead atoms. The molecule has 0 unspecified atom stereocenters. The topological polar surface area (TPSA) is 30.0 Å². The van der Waals surface area contributed by atoms with Crippen molar-refractivity contribution in [3.63, 3.8) is 0 Å². The van der Waals surface area contributed by atoms with E-state index in [0.29, 0.717) is 5.56 Å². The van der Waals surface area contributed by atoms with Gasteiger partial charge in [-0.3, -0.25) is 4.79 Å². The number of benzene rings is 1. The fourth-order valence-corrected chi connectivity index (χ4v) is 1.53. The fraction of sp³-hybridized carbons (Fsp3) is 0.0769. The third-order valence-electron chi connectivity index (χ3n) is 2.49. The fourth-order valence-electron chi connectivity index (χ4n) is 1.53. The maximum atomic E-state index is 13.1. The van der Waals surface area contributed by atoms with E-state index in [1.807, 2.05) is 0 Å². The average molecular weight is 269 g/mol. The predicted molar refractivity (Wildman–Crippen MR) is 60.0 cm³/mol. The number of hydrogen-bond acceptors (Lipinski definition) is 2. The molecule has 6 heteroatoms. The van der Waals surface area contributed by atoms with Crippen molar-refractivity contribution in [1.29, 1.82) is 0 Å². The lowest BCUT2D eigenvalue weighted by atomic mass is 10.1. The highest BCUT2D eigenvalue weighted by molar-refractivity contribution is 5.74. The number of carbonyl (C=O) groups excluding carboxylic acids is 1. The number of hydrogen-bond donors (Lipinski definition) is 0. The van der Waals surface area contributed by atoms with Crippen molar-refractivity contribution in [1.82, 2.24) is 4.98 Å². The average Bonchev–Trinajstić information content (AvgIpc) is 2.38. The van der Waals surface area contributed by atoms with Crippen molar-refractivity contribution in [3.8, 4) is 11.3 Å². The van der Waals surface area contributed by atoms with Crippen molar-refractivity contribution >= 4 is 6.29 Å². The monoisotopic (exact) mass is 269 g/mol. The summed E-state index contributed by atoms with van der Waals surface area (Å²) in [5.41, 5.74) is -0.556. The second-order valence-corrected chi connectivity index (χ2v) is 3.76. The van der Waals surface area contributed by atoms with Crippen LogP contribution in [0.25, 0.3) is 11.3 Å². The molecular formula is C13H7F4NO. The summed E-state index contributed by atoms with van der Waals surface area (Å²) in [6.07, 6.45) is -4.16. The van der Waals surface area contributed by atoms with Gasteiger partial charge in [-0.2, -0.15) is 13.2 Å². The molecule has 0 aliphatic heterocycles. The number of aldehydes is 1. The van der Waals surface area contributed by atoms with Crippen molar-refractivity contribution < 1.29 is 22.4 Å². The van der Waals surface area contributed by atoms with E-state index in [0.717, 1.165) is 18.2 Å². The number of halogens is 4. The molecule has 0 radical (unpaired) electrons. The van der Waals surface area contributed by atoms with Gasteiger partial charge in [-0.15, -0.1) is 0 Å². The van der Waals surface area contributed by atoms with Crippen LogP contribution in [0, 0.1) is 5.82 Å². The zero-order valence-corrected chi connectivity index (χ0v) is 9.41. The van der Waals surface area contributed by atoms with Gasteiger partial charge in [0.2, 0.25) is 0 Å². The van der Waals surface area contributed by atoms with E-state index in [1.165, 1.54) is 18.2 Å². The predicted octanol–water partition coefficient (Wildman–Crippen LogP) is 3.72. The molecule has 0 atom stereocenters. The smallest absolute Gasteiger partial charge is 0.296 e.